The Bertz CT molecular complexity index is 712. The SMILES string of the molecule is CNCC1CCCN(C(=O)c2ccc(N3CC(C)CC(C)C3)c([N+](=O)[O-])c2)C1. The summed E-state index contributed by atoms with van der Waals surface area (Å²) in [6.45, 7) is 8.31. The van der Waals surface area contributed by atoms with Crippen LogP contribution in [0.2, 0.25) is 0 Å². The Morgan fingerprint density at radius 1 is 1.25 bits per heavy atom. The molecule has 0 bridgehead atoms. The zero-order valence-corrected chi connectivity index (χ0v) is 17.2. The molecule has 1 N–H and O–H groups in total. The topological polar surface area (TPSA) is 78.7 Å². The minimum absolute atomic E-state index is 0.0379. The summed E-state index contributed by atoms with van der Waals surface area (Å²) in [5.74, 6) is 1.34. The number of carbonyl (C=O) groups is 1. The fourth-order valence-electron chi connectivity index (χ4n) is 4.82. The van der Waals surface area contributed by atoms with Gasteiger partial charge in [-0.1, -0.05) is 13.8 Å². The van der Waals surface area contributed by atoms with Crippen molar-refractivity contribution in [2.75, 3.05) is 44.7 Å². The number of hydrogen-bond acceptors (Lipinski definition) is 5. The first-order valence-corrected chi connectivity index (χ1v) is 10.4. The molecule has 1 aromatic carbocycles. The molecule has 3 unspecified atom stereocenters. The lowest BCUT2D eigenvalue weighted by Crippen LogP contribution is -2.42. The number of nitrogens with one attached hydrogen (secondary N) is 1. The second kappa shape index (κ2) is 8.90. The quantitative estimate of drug-likeness (QED) is 0.619. The fraction of sp³-hybridized carbons (Fsp3) is 0.667. The van der Waals surface area contributed by atoms with Crippen molar-refractivity contribution in [1.29, 1.82) is 0 Å². The van der Waals surface area contributed by atoms with Crippen LogP contribution in [0.3, 0.4) is 0 Å². The molecule has 3 atom stereocenters. The van der Waals surface area contributed by atoms with Gasteiger partial charge in [0.1, 0.15) is 5.69 Å². The van der Waals surface area contributed by atoms with Crippen LogP contribution in [0, 0.1) is 27.9 Å². The number of benzene rings is 1. The number of amides is 1. The van der Waals surface area contributed by atoms with Gasteiger partial charge < -0.3 is 15.1 Å². The van der Waals surface area contributed by atoms with Crippen molar-refractivity contribution in [1.82, 2.24) is 10.2 Å². The normalized spacial score (nSPS) is 25.6. The minimum Gasteiger partial charge on any atom is -0.365 e. The van der Waals surface area contributed by atoms with E-state index < -0.39 is 0 Å². The van der Waals surface area contributed by atoms with Crippen molar-refractivity contribution < 1.29 is 9.72 Å². The Balaban J connectivity index is 1.82. The van der Waals surface area contributed by atoms with Crippen molar-refractivity contribution in [2.45, 2.75) is 33.1 Å². The van der Waals surface area contributed by atoms with Gasteiger partial charge in [-0.15, -0.1) is 0 Å². The van der Waals surface area contributed by atoms with Gasteiger partial charge in [0, 0.05) is 37.8 Å². The van der Waals surface area contributed by atoms with Gasteiger partial charge >= 0.3 is 0 Å². The van der Waals surface area contributed by atoms with Crippen LogP contribution in [-0.2, 0) is 0 Å². The van der Waals surface area contributed by atoms with Crippen LogP contribution in [0.1, 0.15) is 43.5 Å². The molecule has 1 amide bonds. The number of piperidine rings is 2. The van der Waals surface area contributed by atoms with Gasteiger partial charge in [-0.3, -0.25) is 14.9 Å². The summed E-state index contributed by atoms with van der Waals surface area (Å²) in [5, 5.41) is 14.9. The predicted molar refractivity (Wildman–Crippen MR) is 111 cm³/mol. The second-order valence-corrected chi connectivity index (χ2v) is 8.63. The zero-order chi connectivity index (χ0) is 20.3. The van der Waals surface area contributed by atoms with E-state index in [0.717, 1.165) is 45.4 Å². The molecular formula is C21H32N4O3. The summed E-state index contributed by atoms with van der Waals surface area (Å²) >= 11 is 0. The zero-order valence-electron chi connectivity index (χ0n) is 17.2. The van der Waals surface area contributed by atoms with Gasteiger partial charge in [-0.05, 0) is 62.7 Å². The summed E-state index contributed by atoms with van der Waals surface area (Å²) in [5.41, 5.74) is 1.08. The smallest absolute Gasteiger partial charge is 0.293 e. The maximum atomic E-state index is 13.0. The number of nitro groups is 1. The van der Waals surface area contributed by atoms with E-state index in [1.165, 1.54) is 6.07 Å². The van der Waals surface area contributed by atoms with Gasteiger partial charge in [-0.2, -0.15) is 0 Å². The Hall–Kier alpha value is -2.15. The van der Waals surface area contributed by atoms with Crippen LogP contribution in [0.15, 0.2) is 18.2 Å². The third-order valence-corrected chi connectivity index (χ3v) is 5.93. The monoisotopic (exact) mass is 388 g/mol. The molecule has 0 aliphatic carbocycles. The number of anilines is 1. The van der Waals surface area contributed by atoms with Crippen molar-refractivity contribution in [3.8, 4) is 0 Å². The maximum Gasteiger partial charge on any atom is 0.293 e. The first-order chi connectivity index (χ1) is 13.4. The average molecular weight is 389 g/mol. The summed E-state index contributed by atoms with van der Waals surface area (Å²) in [4.78, 5) is 28.3. The molecule has 7 heteroatoms. The van der Waals surface area contributed by atoms with Gasteiger partial charge in [0.2, 0.25) is 0 Å². The molecule has 3 rings (SSSR count). The van der Waals surface area contributed by atoms with Crippen molar-refractivity contribution in [2.24, 2.45) is 17.8 Å². The lowest BCUT2D eigenvalue weighted by atomic mass is 9.91. The van der Waals surface area contributed by atoms with Crippen LogP contribution >= 0.6 is 0 Å². The number of likely N-dealkylation sites (tertiary alicyclic amines) is 1. The molecule has 1 aromatic rings. The van der Waals surface area contributed by atoms with Gasteiger partial charge in [0.05, 0.1) is 4.92 Å². The Kier molecular flexibility index (Phi) is 6.54. The highest BCUT2D eigenvalue weighted by Crippen LogP contribution is 2.34. The third kappa shape index (κ3) is 4.63. The number of rotatable bonds is 5. The molecule has 2 saturated heterocycles. The summed E-state index contributed by atoms with van der Waals surface area (Å²) < 4.78 is 0. The van der Waals surface area contributed by atoms with E-state index in [0.29, 0.717) is 35.5 Å². The van der Waals surface area contributed by atoms with Gasteiger partial charge in [0.15, 0.2) is 0 Å². The van der Waals surface area contributed by atoms with Crippen molar-refractivity contribution in [3.05, 3.63) is 33.9 Å². The van der Waals surface area contributed by atoms with E-state index >= 15 is 0 Å². The van der Waals surface area contributed by atoms with E-state index in [-0.39, 0.29) is 16.5 Å². The minimum atomic E-state index is -0.351. The summed E-state index contributed by atoms with van der Waals surface area (Å²) in [6, 6.07) is 5.00. The second-order valence-electron chi connectivity index (χ2n) is 8.63. The molecular weight excluding hydrogens is 356 g/mol. The largest absolute Gasteiger partial charge is 0.365 e. The Morgan fingerprint density at radius 3 is 2.61 bits per heavy atom. The average Bonchev–Trinajstić information content (AvgIpc) is 2.66. The molecule has 2 aliphatic rings. The summed E-state index contributed by atoms with van der Waals surface area (Å²) in [6.07, 6.45) is 3.22. The number of carbonyl (C=O) groups excluding carboxylic acids is 1. The van der Waals surface area contributed by atoms with E-state index in [1.807, 2.05) is 11.9 Å². The molecule has 0 aromatic heterocycles. The molecule has 2 aliphatic heterocycles. The van der Waals surface area contributed by atoms with Gasteiger partial charge in [-0.25, -0.2) is 0 Å². The standard InChI is InChI=1S/C21H32N4O3/c1-15-9-16(2)13-24(12-15)19-7-6-18(10-20(19)25(27)28)21(26)23-8-4-5-17(14-23)11-22-3/h6-7,10,15-17,22H,4-5,8-9,11-14H2,1-3H3. The number of hydrogen-bond donors (Lipinski definition) is 1. The van der Waals surface area contributed by atoms with Crippen LogP contribution in [0.25, 0.3) is 0 Å². The Labute approximate surface area is 167 Å². The van der Waals surface area contributed by atoms with Crippen molar-refractivity contribution >= 4 is 17.3 Å². The highest BCUT2D eigenvalue weighted by molar-refractivity contribution is 5.96. The van der Waals surface area contributed by atoms with Crippen molar-refractivity contribution in [3.63, 3.8) is 0 Å². The molecule has 7 nitrogen and oxygen atoms in total. The molecule has 2 heterocycles. The number of nitrogens with zero attached hydrogens (tertiary/aromatic N) is 3. The predicted octanol–water partition coefficient (Wildman–Crippen LogP) is 3.15. The number of nitro benzene ring substituents is 1. The first kappa shape index (κ1) is 20.6. The molecule has 0 saturated carbocycles. The molecule has 28 heavy (non-hydrogen) atoms. The lowest BCUT2D eigenvalue weighted by Gasteiger charge is -2.36. The maximum absolute atomic E-state index is 13.0. The van der Waals surface area contributed by atoms with Crippen LogP contribution in [0.4, 0.5) is 11.4 Å². The first-order valence-electron chi connectivity index (χ1n) is 10.4. The van der Waals surface area contributed by atoms with Crippen LogP contribution in [-0.4, -0.2) is 55.5 Å². The van der Waals surface area contributed by atoms with Crippen LogP contribution < -0.4 is 10.2 Å². The molecule has 154 valence electrons. The summed E-state index contributed by atoms with van der Waals surface area (Å²) in [7, 11) is 1.92. The Morgan fingerprint density at radius 2 is 1.96 bits per heavy atom. The highest BCUT2D eigenvalue weighted by Gasteiger charge is 2.29. The lowest BCUT2D eigenvalue weighted by molar-refractivity contribution is -0.384. The fourth-order valence-corrected chi connectivity index (χ4v) is 4.82. The highest BCUT2D eigenvalue weighted by atomic mass is 16.6. The molecule has 2 fully saturated rings. The van der Waals surface area contributed by atoms with E-state index in [9.17, 15) is 14.9 Å². The molecule has 0 radical (unpaired) electrons. The van der Waals surface area contributed by atoms with E-state index in [1.54, 1.807) is 12.1 Å². The van der Waals surface area contributed by atoms with E-state index in [2.05, 4.69) is 24.1 Å². The van der Waals surface area contributed by atoms with E-state index in [4.69, 9.17) is 0 Å². The molecule has 0 spiro atoms. The van der Waals surface area contributed by atoms with Crippen LogP contribution in [0.5, 0.6) is 0 Å². The third-order valence-electron chi connectivity index (χ3n) is 5.93. The van der Waals surface area contributed by atoms with Gasteiger partial charge in [0.25, 0.3) is 11.6 Å².